The molecule has 31 heavy (non-hydrogen) atoms. The lowest BCUT2D eigenvalue weighted by molar-refractivity contribution is 0.414. The topological polar surface area (TPSA) is 56.1 Å². The average Bonchev–Trinajstić information content (AvgIpc) is 3.30. The maximum atomic E-state index is 5.18. The number of hydrogen-bond acceptors (Lipinski definition) is 6. The van der Waals surface area contributed by atoms with Crippen LogP contribution in [0, 0.1) is 0 Å². The van der Waals surface area contributed by atoms with Gasteiger partial charge in [0.15, 0.2) is 5.82 Å². The van der Waals surface area contributed by atoms with Crippen LogP contribution in [-0.2, 0) is 0 Å². The van der Waals surface area contributed by atoms with Crippen LogP contribution in [0.3, 0.4) is 0 Å². The van der Waals surface area contributed by atoms with Gasteiger partial charge < -0.3 is 9.64 Å². The fraction of sp³-hybridized carbons (Fsp3) is 0.0417. The maximum Gasteiger partial charge on any atom is 0.198 e. The van der Waals surface area contributed by atoms with E-state index in [1.807, 2.05) is 42.5 Å². The predicted molar refractivity (Wildman–Crippen MR) is 123 cm³/mol. The van der Waals surface area contributed by atoms with Crippen LogP contribution >= 0.6 is 11.8 Å². The van der Waals surface area contributed by atoms with Gasteiger partial charge in [0.1, 0.15) is 5.75 Å². The highest BCUT2D eigenvalue weighted by Crippen LogP contribution is 2.47. The molecule has 0 amide bonds. The summed E-state index contributed by atoms with van der Waals surface area (Å²) in [5.74, 6) is 1.32. The summed E-state index contributed by atoms with van der Waals surface area (Å²) in [7, 11) is 1.64. The molecule has 1 aliphatic heterocycles. The molecule has 0 atom stereocenters. The Kier molecular flexibility index (Phi) is 5.24. The van der Waals surface area contributed by atoms with E-state index in [4.69, 9.17) is 4.74 Å². The van der Waals surface area contributed by atoms with E-state index >= 15 is 0 Å². The predicted octanol–water partition coefficient (Wildman–Crippen LogP) is 5.50. The van der Waals surface area contributed by atoms with E-state index in [2.05, 4.69) is 75.0 Å². The summed E-state index contributed by atoms with van der Waals surface area (Å²) < 4.78 is 5.18. The first-order valence-electron chi connectivity index (χ1n) is 9.76. The minimum absolute atomic E-state index is 0.537. The molecule has 1 aromatic heterocycles. The molecule has 0 aliphatic carbocycles. The van der Waals surface area contributed by atoms with Crippen LogP contribution in [0.1, 0.15) is 5.82 Å². The Morgan fingerprint density at radius 2 is 1.52 bits per heavy atom. The number of rotatable bonds is 5. The third kappa shape index (κ3) is 3.95. The van der Waals surface area contributed by atoms with Gasteiger partial charge in [0.25, 0.3) is 0 Å². The molecule has 0 spiro atoms. The van der Waals surface area contributed by atoms with E-state index in [0.717, 1.165) is 11.4 Å². The number of anilines is 2. The number of benzene rings is 3. The van der Waals surface area contributed by atoms with Gasteiger partial charge in [-0.25, -0.2) is 0 Å². The van der Waals surface area contributed by atoms with Gasteiger partial charge in [-0.1, -0.05) is 42.1 Å². The van der Waals surface area contributed by atoms with Gasteiger partial charge >= 0.3 is 0 Å². The molecule has 5 rings (SSSR count). The van der Waals surface area contributed by atoms with Crippen molar-refractivity contribution in [2.24, 2.45) is 0 Å². The third-order valence-electron chi connectivity index (χ3n) is 4.79. The van der Waals surface area contributed by atoms with Crippen molar-refractivity contribution in [3.05, 3.63) is 97.0 Å². The first-order valence-corrected chi connectivity index (χ1v) is 10.6. The smallest absolute Gasteiger partial charge is 0.198 e. The normalized spacial score (nSPS) is 12.9. The van der Waals surface area contributed by atoms with Crippen molar-refractivity contribution in [3.63, 3.8) is 0 Å². The number of nitrogens with zero attached hydrogens (tertiary/aromatic N) is 5. The van der Waals surface area contributed by atoms with Crippen LogP contribution < -0.4 is 9.64 Å². The molecule has 0 saturated heterocycles. The average molecular weight is 426 g/mol. The largest absolute Gasteiger partial charge is 0.497 e. The van der Waals surface area contributed by atoms with E-state index in [9.17, 15) is 0 Å². The molecule has 6 nitrogen and oxygen atoms in total. The lowest BCUT2D eigenvalue weighted by Gasteiger charge is -2.29. The SMILES string of the molecule is COc1ccc(-n2nnc(/C=C\C=C\N3c4ccccc4Sc4ccccc43)n2)cc1. The Balaban J connectivity index is 1.35. The van der Waals surface area contributed by atoms with E-state index in [1.54, 1.807) is 18.9 Å². The van der Waals surface area contributed by atoms with Crippen LogP contribution in [0.15, 0.2) is 101 Å². The fourth-order valence-electron chi connectivity index (χ4n) is 3.29. The molecule has 0 fully saturated rings. The Labute approximate surface area is 184 Å². The van der Waals surface area contributed by atoms with Gasteiger partial charge in [-0.3, -0.25) is 0 Å². The fourth-order valence-corrected chi connectivity index (χ4v) is 4.36. The highest BCUT2D eigenvalue weighted by atomic mass is 32.2. The first kappa shape index (κ1) is 19.1. The van der Waals surface area contributed by atoms with Gasteiger partial charge in [0.2, 0.25) is 0 Å². The zero-order chi connectivity index (χ0) is 21.0. The number of para-hydroxylation sites is 2. The van der Waals surface area contributed by atoms with E-state index in [0.29, 0.717) is 5.82 Å². The number of tetrazole rings is 1. The van der Waals surface area contributed by atoms with Crippen molar-refractivity contribution in [2.75, 3.05) is 12.0 Å². The molecule has 0 N–H and O–H groups in total. The molecule has 2 heterocycles. The number of methoxy groups -OCH3 is 1. The third-order valence-corrected chi connectivity index (χ3v) is 5.92. The molecular formula is C24H19N5OS. The van der Waals surface area contributed by atoms with Crippen LogP contribution in [0.2, 0.25) is 0 Å². The van der Waals surface area contributed by atoms with Crippen molar-refractivity contribution < 1.29 is 4.74 Å². The van der Waals surface area contributed by atoms with Crippen molar-refractivity contribution in [1.82, 2.24) is 20.2 Å². The van der Waals surface area contributed by atoms with Crippen LogP contribution in [0.4, 0.5) is 11.4 Å². The van der Waals surface area contributed by atoms with Crippen molar-refractivity contribution in [2.45, 2.75) is 9.79 Å². The molecule has 3 aromatic carbocycles. The Hall–Kier alpha value is -3.84. The van der Waals surface area contributed by atoms with Crippen molar-refractivity contribution >= 4 is 29.2 Å². The molecular weight excluding hydrogens is 406 g/mol. The summed E-state index contributed by atoms with van der Waals surface area (Å²) in [6, 6.07) is 24.3. The monoisotopic (exact) mass is 425 g/mol. The maximum absolute atomic E-state index is 5.18. The Morgan fingerprint density at radius 1 is 0.839 bits per heavy atom. The van der Waals surface area contributed by atoms with Crippen LogP contribution in [-0.4, -0.2) is 27.3 Å². The number of allylic oxidation sites excluding steroid dienone is 2. The molecule has 0 bridgehead atoms. The summed E-state index contributed by atoms with van der Waals surface area (Å²) in [4.78, 5) is 6.17. The second-order valence-electron chi connectivity index (χ2n) is 6.74. The second kappa shape index (κ2) is 8.49. The van der Waals surface area contributed by atoms with Gasteiger partial charge in [0, 0.05) is 16.0 Å². The highest BCUT2D eigenvalue weighted by molar-refractivity contribution is 7.99. The standard InChI is InChI=1S/C24H19N5OS/c1-30-19-15-13-18(14-16-19)29-26-24(25-27-29)12-6-7-17-28-20-8-2-4-10-22(20)31-23-11-5-3-9-21(23)28/h2-17H,1H3/b12-6-,17-7+. The molecule has 4 aromatic rings. The zero-order valence-electron chi connectivity index (χ0n) is 16.8. The summed E-state index contributed by atoms with van der Waals surface area (Å²) >= 11 is 1.79. The van der Waals surface area contributed by atoms with E-state index in [1.165, 1.54) is 26.0 Å². The van der Waals surface area contributed by atoms with Crippen LogP contribution in [0.5, 0.6) is 5.75 Å². The molecule has 152 valence electrons. The quantitative estimate of drug-likeness (QED) is 0.394. The second-order valence-corrected chi connectivity index (χ2v) is 7.83. The van der Waals surface area contributed by atoms with Crippen molar-refractivity contribution in [3.8, 4) is 11.4 Å². The lowest BCUT2D eigenvalue weighted by Crippen LogP contribution is -2.13. The summed E-state index contributed by atoms with van der Waals surface area (Å²) in [6.45, 7) is 0. The lowest BCUT2D eigenvalue weighted by atomic mass is 10.2. The number of aromatic nitrogens is 4. The van der Waals surface area contributed by atoms with Gasteiger partial charge in [-0.05, 0) is 65.9 Å². The molecule has 0 unspecified atom stereocenters. The molecule has 7 heteroatoms. The summed E-state index contributed by atoms with van der Waals surface area (Å²) in [6.07, 6.45) is 7.79. The summed E-state index contributed by atoms with van der Waals surface area (Å²) in [5.41, 5.74) is 3.15. The first-order chi connectivity index (χ1) is 15.3. The van der Waals surface area contributed by atoms with E-state index in [-0.39, 0.29) is 0 Å². The number of ether oxygens (including phenoxy) is 1. The number of hydrogen-bond donors (Lipinski definition) is 0. The van der Waals surface area contributed by atoms with Crippen LogP contribution in [0.25, 0.3) is 11.8 Å². The molecule has 0 saturated carbocycles. The summed E-state index contributed by atoms with van der Waals surface area (Å²) in [5, 5.41) is 12.6. The zero-order valence-corrected chi connectivity index (χ0v) is 17.6. The minimum atomic E-state index is 0.537. The van der Waals surface area contributed by atoms with Gasteiger partial charge in [-0.2, -0.15) is 0 Å². The molecule has 0 radical (unpaired) electrons. The van der Waals surface area contributed by atoms with Gasteiger partial charge in [0.05, 0.1) is 24.2 Å². The minimum Gasteiger partial charge on any atom is -0.497 e. The van der Waals surface area contributed by atoms with E-state index < -0.39 is 0 Å². The highest BCUT2D eigenvalue weighted by Gasteiger charge is 2.20. The molecule has 1 aliphatic rings. The van der Waals surface area contributed by atoms with Gasteiger partial charge in [-0.15, -0.1) is 15.0 Å². The Morgan fingerprint density at radius 3 is 2.19 bits per heavy atom. The van der Waals surface area contributed by atoms with Crippen molar-refractivity contribution in [1.29, 1.82) is 0 Å². The number of fused-ring (bicyclic) bond motifs is 2. The Bertz CT molecular complexity index is 1220.